The fourth-order valence-corrected chi connectivity index (χ4v) is 1.05. The standard InChI is InChI=1S/C7H11NO2/c1-5-6(3-4-8-5)7(9)10-2/h8H,3-4H2,1-2H3. The highest BCUT2D eigenvalue weighted by Gasteiger charge is 2.17. The smallest absolute Gasteiger partial charge is 0.335 e. The maximum atomic E-state index is 10.9. The normalized spacial score (nSPS) is 17.0. The summed E-state index contributed by atoms with van der Waals surface area (Å²) in [6.07, 6.45) is 0.790. The molecule has 0 aliphatic carbocycles. The Balaban J connectivity index is 2.71. The zero-order chi connectivity index (χ0) is 7.56. The Hall–Kier alpha value is -0.990. The van der Waals surface area contributed by atoms with E-state index in [2.05, 4.69) is 10.1 Å². The third-order valence-corrected chi connectivity index (χ3v) is 1.65. The fraction of sp³-hybridized carbons (Fsp3) is 0.571. The summed E-state index contributed by atoms with van der Waals surface area (Å²) in [4.78, 5) is 10.9. The molecule has 0 aromatic carbocycles. The highest BCUT2D eigenvalue weighted by atomic mass is 16.5. The van der Waals surface area contributed by atoms with E-state index in [-0.39, 0.29) is 5.97 Å². The molecule has 0 saturated heterocycles. The molecule has 10 heavy (non-hydrogen) atoms. The molecule has 0 aromatic heterocycles. The second-order valence-corrected chi connectivity index (χ2v) is 2.27. The minimum absolute atomic E-state index is 0.206. The Bertz CT molecular complexity index is 184. The van der Waals surface area contributed by atoms with Crippen molar-refractivity contribution in [2.75, 3.05) is 13.7 Å². The summed E-state index contributed by atoms with van der Waals surface area (Å²) in [6.45, 7) is 2.75. The Morgan fingerprint density at radius 3 is 2.80 bits per heavy atom. The fourth-order valence-electron chi connectivity index (χ4n) is 1.05. The van der Waals surface area contributed by atoms with E-state index in [1.165, 1.54) is 7.11 Å². The van der Waals surface area contributed by atoms with E-state index in [9.17, 15) is 4.79 Å². The zero-order valence-corrected chi connectivity index (χ0v) is 6.23. The van der Waals surface area contributed by atoms with E-state index in [1.54, 1.807) is 0 Å². The van der Waals surface area contributed by atoms with E-state index in [1.807, 2.05) is 6.92 Å². The minimum Gasteiger partial charge on any atom is -0.466 e. The van der Waals surface area contributed by atoms with Gasteiger partial charge < -0.3 is 10.1 Å². The lowest BCUT2D eigenvalue weighted by Crippen LogP contribution is -2.05. The van der Waals surface area contributed by atoms with Crippen LogP contribution >= 0.6 is 0 Å². The minimum atomic E-state index is -0.206. The highest BCUT2D eigenvalue weighted by Crippen LogP contribution is 2.13. The molecule has 0 spiro atoms. The van der Waals surface area contributed by atoms with Crippen molar-refractivity contribution in [3.8, 4) is 0 Å². The molecule has 56 valence electrons. The maximum Gasteiger partial charge on any atom is 0.335 e. The molecule has 0 fully saturated rings. The van der Waals surface area contributed by atoms with E-state index in [0.29, 0.717) is 0 Å². The summed E-state index contributed by atoms with van der Waals surface area (Å²) >= 11 is 0. The number of hydrogen-bond donors (Lipinski definition) is 1. The second-order valence-electron chi connectivity index (χ2n) is 2.27. The SMILES string of the molecule is COC(=O)C1=C(C)NCC1. The van der Waals surface area contributed by atoms with Gasteiger partial charge in [0.05, 0.1) is 12.7 Å². The van der Waals surface area contributed by atoms with Crippen molar-refractivity contribution in [2.45, 2.75) is 13.3 Å². The van der Waals surface area contributed by atoms with E-state index >= 15 is 0 Å². The monoisotopic (exact) mass is 141 g/mol. The van der Waals surface area contributed by atoms with Crippen LogP contribution in [0, 0.1) is 0 Å². The number of nitrogens with one attached hydrogen (secondary N) is 1. The van der Waals surface area contributed by atoms with Gasteiger partial charge in [0, 0.05) is 12.2 Å². The molecule has 0 unspecified atom stereocenters. The van der Waals surface area contributed by atoms with Crippen molar-refractivity contribution in [3.63, 3.8) is 0 Å². The van der Waals surface area contributed by atoms with Crippen LogP contribution in [0.5, 0.6) is 0 Å². The molecular weight excluding hydrogens is 130 g/mol. The number of esters is 1. The molecule has 1 aliphatic heterocycles. The molecule has 1 rings (SSSR count). The van der Waals surface area contributed by atoms with Crippen LogP contribution in [0.1, 0.15) is 13.3 Å². The van der Waals surface area contributed by atoms with Gasteiger partial charge in [0.15, 0.2) is 0 Å². The van der Waals surface area contributed by atoms with Crippen molar-refractivity contribution < 1.29 is 9.53 Å². The van der Waals surface area contributed by atoms with Gasteiger partial charge in [0.25, 0.3) is 0 Å². The first-order valence-electron chi connectivity index (χ1n) is 3.27. The molecule has 0 radical (unpaired) electrons. The van der Waals surface area contributed by atoms with E-state index < -0.39 is 0 Å². The average Bonchev–Trinajstić information content (AvgIpc) is 2.34. The third kappa shape index (κ3) is 1.12. The van der Waals surface area contributed by atoms with Gasteiger partial charge in [-0.25, -0.2) is 4.79 Å². The summed E-state index contributed by atoms with van der Waals surface area (Å²) in [6, 6.07) is 0. The van der Waals surface area contributed by atoms with Crippen LogP contribution in [0.3, 0.4) is 0 Å². The lowest BCUT2D eigenvalue weighted by atomic mass is 10.2. The highest BCUT2D eigenvalue weighted by molar-refractivity contribution is 5.89. The number of methoxy groups -OCH3 is 1. The van der Waals surface area contributed by atoms with E-state index in [0.717, 1.165) is 24.2 Å². The van der Waals surface area contributed by atoms with Crippen LogP contribution in [0.2, 0.25) is 0 Å². The molecule has 1 aliphatic rings. The maximum absolute atomic E-state index is 10.9. The summed E-state index contributed by atoms with van der Waals surface area (Å²) < 4.78 is 4.57. The molecule has 0 saturated carbocycles. The first kappa shape index (κ1) is 7.12. The molecule has 0 atom stereocenters. The Labute approximate surface area is 60.1 Å². The topological polar surface area (TPSA) is 38.3 Å². The van der Waals surface area contributed by atoms with Gasteiger partial charge in [-0.1, -0.05) is 0 Å². The predicted molar refractivity (Wildman–Crippen MR) is 37.3 cm³/mol. The van der Waals surface area contributed by atoms with E-state index in [4.69, 9.17) is 0 Å². The number of rotatable bonds is 1. The van der Waals surface area contributed by atoms with Crippen molar-refractivity contribution in [1.29, 1.82) is 0 Å². The van der Waals surface area contributed by atoms with Gasteiger partial charge in [0.1, 0.15) is 0 Å². The van der Waals surface area contributed by atoms with Crippen molar-refractivity contribution in [3.05, 3.63) is 11.3 Å². The largest absolute Gasteiger partial charge is 0.466 e. The van der Waals surface area contributed by atoms with Gasteiger partial charge >= 0.3 is 5.97 Å². The number of carbonyl (C=O) groups excluding carboxylic acids is 1. The summed E-state index contributed by atoms with van der Waals surface area (Å²) in [5, 5.41) is 3.06. The summed E-state index contributed by atoms with van der Waals surface area (Å²) in [5.74, 6) is -0.206. The van der Waals surface area contributed by atoms with Crippen molar-refractivity contribution in [2.24, 2.45) is 0 Å². The van der Waals surface area contributed by atoms with Crippen LogP contribution in [0.15, 0.2) is 11.3 Å². The van der Waals surface area contributed by atoms with Crippen LogP contribution < -0.4 is 5.32 Å². The average molecular weight is 141 g/mol. The van der Waals surface area contributed by atoms with Crippen LogP contribution in [0.4, 0.5) is 0 Å². The summed E-state index contributed by atoms with van der Waals surface area (Å²) in [5.41, 5.74) is 1.73. The van der Waals surface area contributed by atoms with Gasteiger partial charge in [0.2, 0.25) is 0 Å². The third-order valence-electron chi connectivity index (χ3n) is 1.65. The van der Waals surface area contributed by atoms with Gasteiger partial charge in [-0.05, 0) is 13.3 Å². The lowest BCUT2D eigenvalue weighted by Gasteiger charge is -1.98. The van der Waals surface area contributed by atoms with Crippen LogP contribution in [0.25, 0.3) is 0 Å². The second kappa shape index (κ2) is 2.73. The Morgan fingerprint density at radius 2 is 2.40 bits per heavy atom. The first-order chi connectivity index (χ1) is 4.75. The molecule has 0 amide bonds. The number of allylic oxidation sites excluding steroid dienone is 1. The quantitative estimate of drug-likeness (QED) is 0.538. The molecule has 0 aromatic rings. The molecule has 1 N–H and O–H groups in total. The predicted octanol–water partition coefficient (Wildman–Crippen LogP) is 0.427. The number of carbonyl (C=O) groups is 1. The molecule has 3 heteroatoms. The number of hydrogen-bond acceptors (Lipinski definition) is 3. The number of ether oxygens (including phenoxy) is 1. The van der Waals surface area contributed by atoms with Crippen molar-refractivity contribution >= 4 is 5.97 Å². The molecule has 3 nitrogen and oxygen atoms in total. The zero-order valence-electron chi connectivity index (χ0n) is 6.23. The van der Waals surface area contributed by atoms with Gasteiger partial charge in [-0.2, -0.15) is 0 Å². The molecule has 0 bridgehead atoms. The Kier molecular flexibility index (Phi) is 1.94. The van der Waals surface area contributed by atoms with Crippen LogP contribution in [-0.4, -0.2) is 19.6 Å². The van der Waals surface area contributed by atoms with Gasteiger partial charge in [-0.15, -0.1) is 0 Å². The van der Waals surface area contributed by atoms with Crippen LogP contribution in [-0.2, 0) is 9.53 Å². The molecule has 1 heterocycles. The van der Waals surface area contributed by atoms with Crippen molar-refractivity contribution in [1.82, 2.24) is 5.32 Å². The first-order valence-corrected chi connectivity index (χ1v) is 3.27. The lowest BCUT2D eigenvalue weighted by molar-refractivity contribution is -0.136. The summed E-state index contributed by atoms with van der Waals surface area (Å²) in [7, 11) is 1.40. The molecular formula is C7H11NO2. The Morgan fingerprint density at radius 1 is 1.70 bits per heavy atom. The van der Waals surface area contributed by atoms with Gasteiger partial charge in [-0.3, -0.25) is 0 Å².